The van der Waals surface area contributed by atoms with E-state index < -0.39 is 0 Å². The third-order valence-electron chi connectivity index (χ3n) is 6.77. The normalized spacial score (nSPS) is 53.1. The van der Waals surface area contributed by atoms with Crippen LogP contribution in [0.1, 0.15) is 57.8 Å². The quantitative estimate of drug-likeness (QED) is 0.663. The molecule has 5 atom stereocenters. The predicted molar refractivity (Wildman–Crippen MR) is 68.9 cm³/mol. The molecule has 0 saturated heterocycles. The fraction of sp³-hybridized carbons (Fsp3) is 0.938. The second-order valence-corrected chi connectivity index (χ2v) is 7.64. The van der Waals surface area contributed by atoms with Gasteiger partial charge in [-0.1, -0.05) is 12.8 Å². The number of carbonyl (C=O) groups excluding carboxylic acids is 1. The fourth-order valence-electron chi connectivity index (χ4n) is 6.66. The molecule has 5 aliphatic rings. The third kappa shape index (κ3) is 1.27. The molecule has 5 fully saturated rings. The molecule has 5 saturated carbocycles. The number of hydrogen-bond donors (Lipinski definition) is 0. The van der Waals surface area contributed by atoms with Gasteiger partial charge in [-0.25, -0.2) is 0 Å². The van der Waals surface area contributed by atoms with E-state index in [1.807, 2.05) is 0 Å². The largest absolute Gasteiger partial charge is 0.469 e. The zero-order valence-corrected chi connectivity index (χ0v) is 11.4. The number of ether oxygens (including phenoxy) is 1. The summed E-state index contributed by atoms with van der Waals surface area (Å²) in [6, 6.07) is 0. The molecule has 5 rings (SSSR count). The lowest BCUT2D eigenvalue weighted by Gasteiger charge is -2.66. The number of hydrogen-bond acceptors (Lipinski definition) is 2. The molecule has 5 unspecified atom stereocenters. The molecule has 0 aromatic carbocycles. The summed E-state index contributed by atoms with van der Waals surface area (Å²) in [5, 5.41) is 0. The summed E-state index contributed by atoms with van der Waals surface area (Å²) < 4.78 is 5.17. The molecular formula is C16H24O2. The molecule has 0 radical (unpaired) electrons. The second kappa shape index (κ2) is 3.52. The fourth-order valence-corrected chi connectivity index (χ4v) is 6.66. The van der Waals surface area contributed by atoms with E-state index in [0.29, 0.717) is 5.41 Å². The lowest BCUT2D eigenvalue weighted by molar-refractivity contribution is -0.198. The SMILES string of the molecule is COC(=O)C12CC3CC(C1)C1CCCCC1(C3)C2. The summed E-state index contributed by atoms with van der Waals surface area (Å²) in [5.74, 6) is 2.72. The molecule has 4 bridgehead atoms. The van der Waals surface area contributed by atoms with Crippen molar-refractivity contribution in [3.63, 3.8) is 0 Å². The molecule has 2 heteroatoms. The van der Waals surface area contributed by atoms with Crippen LogP contribution < -0.4 is 0 Å². The van der Waals surface area contributed by atoms with Crippen molar-refractivity contribution in [3.05, 3.63) is 0 Å². The van der Waals surface area contributed by atoms with Crippen LogP contribution in [0.5, 0.6) is 0 Å². The van der Waals surface area contributed by atoms with Gasteiger partial charge in [0.05, 0.1) is 12.5 Å². The number of rotatable bonds is 1. The lowest BCUT2D eigenvalue weighted by atomic mass is 9.38. The van der Waals surface area contributed by atoms with Crippen molar-refractivity contribution in [1.82, 2.24) is 0 Å². The lowest BCUT2D eigenvalue weighted by Crippen LogP contribution is -2.60. The smallest absolute Gasteiger partial charge is 0.311 e. The zero-order valence-electron chi connectivity index (χ0n) is 11.4. The van der Waals surface area contributed by atoms with Crippen molar-refractivity contribution >= 4 is 5.97 Å². The van der Waals surface area contributed by atoms with Gasteiger partial charge in [-0.2, -0.15) is 0 Å². The molecule has 0 N–H and O–H groups in total. The highest BCUT2D eigenvalue weighted by atomic mass is 16.5. The van der Waals surface area contributed by atoms with E-state index in [1.54, 1.807) is 7.11 Å². The highest BCUT2D eigenvalue weighted by molar-refractivity contribution is 5.77. The van der Waals surface area contributed by atoms with E-state index in [9.17, 15) is 4.79 Å². The standard InChI is InChI=1S/C16H24O2/c1-18-14(17)16-8-11-6-12(9-16)13-4-2-3-5-15(13,7-11)10-16/h11-13H,2-10H2,1H3. The maximum Gasteiger partial charge on any atom is 0.311 e. The Kier molecular flexibility index (Phi) is 2.21. The Morgan fingerprint density at radius 1 is 1.22 bits per heavy atom. The molecular weight excluding hydrogens is 224 g/mol. The van der Waals surface area contributed by atoms with Crippen LogP contribution in [0.4, 0.5) is 0 Å². The van der Waals surface area contributed by atoms with Gasteiger partial charge in [0, 0.05) is 0 Å². The summed E-state index contributed by atoms with van der Waals surface area (Å²) in [6.07, 6.45) is 11.9. The van der Waals surface area contributed by atoms with Gasteiger partial charge < -0.3 is 4.74 Å². The number of esters is 1. The minimum absolute atomic E-state index is 0.0750. The monoisotopic (exact) mass is 248 g/mol. The van der Waals surface area contributed by atoms with Crippen LogP contribution >= 0.6 is 0 Å². The minimum atomic E-state index is -0.0750. The van der Waals surface area contributed by atoms with E-state index in [0.717, 1.165) is 37.0 Å². The Morgan fingerprint density at radius 2 is 2.11 bits per heavy atom. The Balaban J connectivity index is 1.74. The molecule has 0 amide bonds. The molecule has 2 nitrogen and oxygen atoms in total. The van der Waals surface area contributed by atoms with Gasteiger partial charge >= 0.3 is 5.97 Å². The highest BCUT2D eigenvalue weighted by Gasteiger charge is 2.64. The third-order valence-corrected chi connectivity index (χ3v) is 6.77. The average Bonchev–Trinajstić information content (AvgIpc) is 2.36. The Labute approximate surface area is 109 Å². The van der Waals surface area contributed by atoms with Gasteiger partial charge in [0.25, 0.3) is 0 Å². The second-order valence-electron chi connectivity index (χ2n) is 7.64. The first kappa shape index (κ1) is 11.3. The van der Waals surface area contributed by atoms with Gasteiger partial charge in [0.15, 0.2) is 0 Å². The first-order valence-corrected chi connectivity index (χ1v) is 7.76. The summed E-state index contributed by atoms with van der Waals surface area (Å²) in [4.78, 5) is 12.3. The van der Waals surface area contributed by atoms with Gasteiger partial charge in [-0.3, -0.25) is 4.79 Å². The number of carbonyl (C=O) groups is 1. The van der Waals surface area contributed by atoms with Crippen molar-refractivity contribution in [2.24, 2.45) is 28.6 Å². The van der Waals surface area contributed by atoms with Crippen LogP contribution in [-0.4, -0.2) is 13.1 Å². The van der Waals surface area contributed by atoms with Crippen molar-refractivity contribution in [3.8, 4) is 0 Å². The maximum absolute atomic E-state index is 12.3. The molecule has 0 aromatic heterocycles. The molecule has 0 aromatic rings. The first-order valence-electron chi connectivity index (χ1n) is 7.76. The minimum Gasteiger partial charge on any atom is -0.469 e. The Hall–Kier alpha value is -0.530. The van der Waals surface area contributed by atoms with Gasteiger partial charge in [0.2, 0.25) is 0 Å². The maximum atomic E-state index is 12.3. The van der Waals surface area contributed by atoms with E-state index in [-0.39, 0.29) is 11.4 Å². The molecule has 0 aliphatic heterocycles. The Bertz CT molecular complexity index is 391. The van der Waals surface area contributed by atoms with Crippen molar-refractivity contribution in [2.45, 2.75) is 57.8 Å². The van der Waals surface area contributed by atoms with E-state index in [2.05, 4.69) is 0 Å². The van der Waals surface area contributed by atoms with E-state index >= 15 is 0 Å². The predicted octanol–water partition coefficient (Wildman–Crippen LogP) is 3.55. The average molecular weight is 248 g/mol. The summed E-state index contributed by atoms with van der Waals surface area (Å²) in [5.41, 5.74) is 0.463. The van der Waals surface area contributed by atoms with Crippen molar-refractivity contribution in [1.29, 1.82) is 0 Å². The zero-order chi connectivity index (χ0) is 12.4. The summed E-state index contributed by atoms with van der Waals surface area (Å²) in [6.45, 7) is 0. The highest BCUT2D eigenvalue weighted by Crippen LogP contribution is 2.71. The Morgan fingerprint density at radius 3 is 2.94 bits per heavy atom. The van der Waals surface area contributed by atoms with Crippen LogP contribution in [0.15, 0.2) is 0 Å². The van der Waals surface area contributed by atoms with Crippen LogP contribution in [-0.2, 0) is 9.53 Å². The molecule has 1 spiro atoms. The molecule has 18 heavy (non-hydrogen) atoms. The van der Waals surface area contributed by atoms with E-state index in [1.165, 1.54) is 38.5 Å². The summed E-state index contributed by atoms with van der Waals surface area (Å²) >= 11 is 0. The molecule has 5 aliphatic carbocycles. The van der Waals surface area contributed by atoms with Gasteiger partial charge in [-0.15, -0.1) is 0 Å². The van der Waals surface area contributed by atoms with E-state index in [4.69, 9.17) is 4.74 Å². The molecule has 100 valence electrons. The van der Waals surface area contributed by atoms with Crippen molar-refractivity contribution < 1.29 is 9.53 Å². The van der Waals surface area contributed by atoms with Crippen LogP contribution in [0.25, 0.3) is 0 Å². The van der Waals surface area contributed by atoms with Gasteiger partial charge in [-0.05, 0) is 68.1 Å². The van der Waals surface area contributed by atoms with Gasteiger partial charge in [0.1, 0.15) is 0 Å². The van der Waals surface area contributed by atoms with Crippen LogP contribution in [0.3, 0.4) is 0 Å². The summed E-state index contributed by atoms with van der Waals surface area (Å²) in [7, 11) is 1.58. The van der Waals surface area contributed by atoms with Crippen LogP contribution in [0, 0.1) is 28.6 Å². The van der Waals surface area contributed by atoms with Crippen molar-refractivity contribution in [2.75, 3.05) is 7.11 Å². The van der Waals surface area contributed by atoms with Crippen LogP contribution in [0.2, 0.25) is 0 Å². The molecule has 0 heterocycles. The topological polar surface area (TPSA) is 26.3 Å². The first-order chi connectivity index (χ1) is 8.67. The number of methoxy groups -OCH3 is 1.